The maximum atomic E-state index is 9.09. The lowest BCUT2D eigenvalue weighted by Gasteiger charge is -2.07. The molecule has 0 amide bonds. The maximum absolute atomic E-state index is 9.09. The zero-order valence-electron chi connectivity index (χ0n) is 10.7. The van der Waals surface area contributed by atoms with Gasteiger partial charge in [-0.25, -0.2) is 4.98 Å². The van der Waals surface area contributed by atoms with Crippen molar-refractivity contribution in [3.05, 3.63) is 41.3 Å². The highest BCUT2D eigenvalue weighted by atomic mass is 15.0. The smallest absolute Gasteiger partial charge is 0.143 e. The lowest BCUT2D eigenvalue weighted by molar-refractivity contribution is 1.12. The third-order valence-electron chi connectivity index (χ3n) is 2.66. The Labute approximate surface area is 106 Å². The van der Waals surface area contributed by atoms with E-state index in [0.29, 0.717) is 11.4 Å². The molecule has 0 atom stereocenters. The predicted molar refractivity (Wildman–Crippen MR) is 71.2 cm³/mol. The Balaban J connectivity index is 2.55. The number of nitrogens with one attached hydrogen (secondary N) is 1. The van der Waals surface area contributed by atoms with Crippen LogP contribution in [0, 0.1) is 25.2 Å². The van der Waals surface area contributed by atoms with Crippen molar-refractivity contribution in [2.24, 2.45) is 0 Å². The second kappa shape index (κ2) is 4.84. The summed E-state index contributed by atoms with van der Waals surface area (Å²) in [6.07, 6.45) is 1.76. The second-order valence-corrected chi connectivity index (χ2v) is 4.12. The van der Waals surface area contributed by atoms with E-state index in [2.05, 4.69) is 21.4 Å². The van der Waals surface area contributed by atoms with Crippen molar-refractivity contribution in [2.75, 3.05) is 12.4 Å². The summed E-state index contributed by atoms with van der Waals surface area (Å²) in [5.74, 6) is 0.601. The van der Waals surface area contributed by atoms with Crippen molar-refractivity contribution >= 4 is 5.82 Å². The summed E-state index contributed by atoms with van der Waals surface area (Å²) >= 11 is 0. The first-order valence-corrected chi connectivity index (χ1v) is 5.67. The molecule has 0 unspecified atom stereocenters. The third-order valence-corrected chi connectivity index (χ3v) is 2.66. The van der Waals surface area contributed by atoms with E-state index in [-0.39, 0.29) is 0 Å². The minimum Gasteiger partial charge on any atom is -0.372 e. The molecule has 0 saturated carbocycles. The van der Waals surface area contributed by atoms with E-state index in [9.17, 15) is 0 Å². The van der Waals surface area contributed by atoms with Crippen LogP contribution in [-0.4, -0.2) is 17.0 Å². The highest BCUT2D eigenvalue weighted by molar-refractivity contribution is 5.68. The molecule has 0 radical (unpaired) electrons. The van der Waals surface area contributed by atoms with Crippen LogP contribution in [0.1, 0.15) is 17.0 Å². The summed E-state index contributed by atoms with van der Waals surface area (Å²) < 4.78 is 0. The molecule has 90 valence electrons. The van der Waals surface area contributed by atoms with E-state index in [0.717, 1.165) is 22.5 Å². The molecule has 2 heterocycles. The SMILES string of the molecule is CNc1ncc(-c2cc(C)nc(C)c2)cc1C#N. The van der Waals surface area contributed by atoms with E-state index in [1.807, 2.05) is 32.0 Å². The zero-order valence-corrected chi connectivity index (χ0v) is 10.7. The van der Waals surface area contributed by atoms with Gasteiger partial charge in [0.25, 0.3) is 0 Å². The summed E-state index contributed by atoms with van der Waals surface area (Å²) in [6.45, 7) is 3.91. The largest absolute Gasteiger partial charge is 0.372 e. The summed E-state index contributed by atoms with van der Waals surface area (Å²) in [7, 11) is 1.75. The van der Waals surface area contributed by atoms with Gasteiger partial charge in [-0.1, -0.05) is 0 Å². The summed E-state index contributed by atoms with van der Waals surface area (Å²) in [5, 5.41) is 12.0. The van der Waals surface area contributed by atoms with Crippen LogP contribution in [0.3, 0.4) is 0 Å². The van der Waals surface area contributed by atoms with Gasteiger partial charge in [0.2, 0.25) is 0 Å². The van der Waals surface area contributed by atoms with Crippen LogP contribution in [0.15, 0.2) is 24.4 Å². The van der Waals surface area contributed by atoms with Crippen molar-refractivity contribution in [2.45, 2.75) is 13.8 Å². The van der Waals surface area contributed by atoms with Gasteiger partial charge in [-0.3, -0.25) is 4.98 Å². The molecule has 18 heavy (non-hydrogen) atoms. The fourth-order valence-corrected chi connectivity index (χ4v) is 1.91. The van der Waals surface area contributed by atoms with Crippen LogP contribution < -0.4 is 5.32 Å². The van der Waals surface area contributed by atoms with Gasteiger partial charge in [0, 0.05) is 30.2 Å². The molecule has 1 N–H and O–H groups in total. The summed E-state index contributed by atoms with van der Waals surface area (Å²) in [4.78, 5) is 8.59. The Morgan fingerprint density at radius 1 is 1.11 bits per heavy atom. The van der Waals surface area contributed by atoms with Crippen molar-refractivity contribution < 1.29 is 0 Å². The average Bonchev–Trinajstić information content (AvgIpc) is 2.36. The molecule has 2 aromatic heterocycles. The molecule has 0 bridgehead atoms. The third kappa shape index (κ3) is 2.30. The topological polar surface area (TPSA) is 61.6 Å². The van der Waals surface area contributed by atoms with Gasteiger partial charge in [0.05, 0.1) is 5.56 Å². The molecule has 0 aliphatic rings. The van der Waals surface area contributed by atoms with E-state index in [1.165, 1.54) is 0 Å². The molecule has 4 nitrogen and oxygen atoms in total. The number of aromatic nitrogens is 2. The zero-order chi connectivity index (χ0) is 13.1. The Bertz CT molecular complexity index is 606. The number of pyridine rings is 2. The number of nitriles is 1. The molecule has 0 spiro atoms. The van der Waals surface area contributed by atoms with E-state index >= 15 is 0 Å². The number of hydrogen-bond donors (Lipinski definition) is 1. The number of rotatable bonds is 2. The minimum atomic E-state index is 0.544. The molecular weight excluding hydrogens is 224 g/mol. The van der Waals surface area contributed by atoms with Crippen LogP contribution >= 0.6 is 0 Å². The van der Waals surface area contributed by atoms with Crippen molar-refractivity contribution in [3.63, 3.8) is 0 Å². The number of aryl methyl sites for hydroxylation is 2. The van der Waals surface area contributed by atoms with Crippen molar-refractivity contribution in [1.82, 2.24) is 9.97 Å². The molecule has 0 aromatic carbocycles. The lowest BCUT2D eigenvalue weighted by atomic mass is 10.1. The van der Waals surface area contributed by atoms with Gasteiger partial charge in [-0.05, 0) is 37.6 Å². The predicted octanol–water partition coefficient (Wildman–Crippen LogP) is 2.67. The van der Waals surface area contributed by atoms with Gasteiger partial charge in [0.15, 0.2) is 0 Å². The van der Waals surface area contributed by atoms with Crippen LogP contribution in [0.4, 0.5) is 5.82 Å². The van der Waals surface area contributed by atoms with Gasteiger partial charge < -0.3 is 5.32 Å². The summed E-state index contributed by atoms with van der Waals surface area (Å²) in [6, 6.07) is 7.97. The fraction of sp³-hybridized carbons (Fsp3) is 0.214. The average molecular weight is 238 g/mol. The molecule has 0 saturated heterocycles. The Morgan fingerprint density at radius 2 is 1.78 bits per heavy atom. The van der Waals surface area contributed by atoms with E-state index in [1.54, 1.807) is 13.2 Å². The molecule has 0 fully saturated rings. The molecule has 2 rings (SSSR count). The van der Waals surface area contributed by atoms with E-state index in [4.69, 9.17) is 5.26 Å². The van der Waals surface area contributed by atoms with Gasteiger partial charge >= 0.3 is 0 Å². The second-order valence-electron chi connectivity index (χ2n) is 4.12. The first kappa shape index (κ1) is 12.1. The van der Waals surface area contributed by atoms with Crippen LogP contribution in [0.5, 0.6) is 0 Å². The first-order valence-electron chi connectivity index (χ1n) is 5.67. The van der Waals surface area contributed by atoms with Crippen molar-refractivity contribution in [1.29, 1.82) is 5.26 Å². The highest BCUT2D eigenvalue weighted by Crippen LogP contribution is 2.23. The normalized spacial score (nSPS) is 9.89. The Kier molecular flexibility index (Phi) is 3.24. The van der Waals surface area contributed by atoms with Crippen LogP contribution in [-0.2, 0) is 0 Å². The maximum Gasteiger partial charge on any atom is 0.143 e. The molecule has 2 aromatic rings. The standard InChI is InChI=1S/C14H14N4/c1-9-4-11(5-10(2)18-9)13-6-12(7-15)14(16-3)17-8-13/h4-6,8H,1-3H3,(H,16,17). The van der Waals surface area contributed by atoms with Gasteiger partial charge in [-0.2, -0.15) is 5.26 Å². The monoisotopic (exact) mass is 238 g/mol. The fourth-order valence-electron chi connectivity index (χ4n) is 1.91. The molecule has 0 aliphatic heterocycles. The Morgan fingerprint density at radius 3 is 2.33 bits per heavy atom. The first-order chi connectivity index (χ1) is 8.63. The Hall–Kier alpha value is -2.41. The van der Waals surface area contributed by atoms with Crippen LogP contribution in [0.25, 0.3) is 11.1 Å². The summed E-state index contributed by atoms with van der Waals surface area (Å²) in [5.41, 5.74) is 4.43. The molecular formula is C14H14N4. The van der Waals surface area contributed by atoms with Gasteiger partial charge in [-0.15, -0.1) is 0 Å². The number of hydrogen-bond acceptors (Lipinski definition) is 4. The van der Waals surface area contributed by atoms with E-state index < -0.39 is 0 Å². The number of anilines is 1. The molecule has 4 heteroatoms. The molecule has 0 aliphatic carbocycles. The lowest BCUT2D eigenvalue weighted by Crippen LogP contribution is -1.97. The van der Waals surface area contributed by atoms with Gasteiger partial charge in [0.1, 0.15) is 11.9 Å². The quantitative estimate of drug-likeness (QED) is 0.873. The van der Waals surface area contributed by atoms with Crippen LogP contribution in [0.2, 0.25) is 0 Å². The highest BCUT2D eigenvalue weighted by Gasteiger charge is 2.06. The minimum absolute atomic E-state index is 0.544. The number of nitrogens with zero attached hydrogens (tertiary/aromatic N) is 3. The van der Waals surface area contributed by atoms with Crippen molar-refractivity contribution in [3.8, 4) is 17.2 Å².